The summed E-state index contributed by atoms with van der Waals surface area (Å²) in [6, 6.07) is 6.14. The van der Waals surface area contributed by atoms with Gasteiger partial charge in [-0.05, 0) is 25.5 Å². The van der Waals surface area contributed by atoms with Gasteiger partial charge in [0.25, 0.3) is 11.7 Å². The normalized spacial score (nSPS) is 17.9. The van der Waals surface area contributed by atoms with Crippen molar-refractivity contribution in [3.8, 4) is 0 Å². The van der Waals surface area contributed by atoms with Crippen molar-refractivity contribution >= 4 is 11.6 Å². The predicted molar refractivity (Wildman–Crippen MR) is 109 cm³/mol. The van der Waals surface area contributed by atoms with E-state index < -0.39 is 5.79 Å². The third kappa shape index (κ3) is 4.55. The van der Waals surface area contributed by atoms with Gasteiger partial charge in [0, 0.05) is 12.1 Å². The Morgan fingerprint density at radius 1 is 0.926 bits per heavy atom. The van der Waals surface area contributed by atoms with Gasteiger partial charge in [-0.15, -0.1) is 0 Å². The molecule has 1 fully saturated rings. The molecule has 0 radical (unpaired) electrons. The van der Waals surface area contributed by atoms with Gasteiger partial charge < -0.3 is 14.4 Å². The number of ether oxygens (including phenoxy) is 2. The fourth-order valence-corrected chi connectivity index (χ4v) is 4.22. The summed E-state index contributed by atoms with van der Waals surface area (Å²) in [6.45, 7) is 6.01. The third-order valence-electron chi connectivity index (χ3n) is 5.75. The molecule has 27 heavy (non-hydrogen) atoms. The first-order valence-corrected chi connectivity index (χ1v) is 10.9. The van der Waals surface area contributed by atoms with E-state index in [1.807, 2.05) is 24.0 Å². The first kappa shape index (κ1) is 20.3. The van der Waals surface area contributed by atoms with Crippen LogP contribution in [0.4, 0.5) is 5.69 Å². The lowest BCUT2D eigenvalue weighted by atomic mass is 10.0. The van der Waals surface area contributed by atoms with Crippen LogP contribution >= 0.6 is 0 Å². The third-order valence-corrected chi connectivity index (χ3v) is 5.75. The van der Waals surface area contributed by atoms with Gasteiger partial charge >= 0.3 is 0 Å². The summed E-state index contributed by atoms with van der Waals surface area (Å²) in [6.07, 6.45) is 13.0. The second-order valence-electron chi connectivity index (χ2n) is 7.97. The maximum absolute atomic E-state index is 13.1. The summed E-state index contributed by atoms with van der Waals surface area (Å²) in [7, 11) is 0. The van der Waals surface area contributed by atoms with Crippen LogP contribution in [0.5, 0.6) is 0 Å². The topological polar surface area (TPSA) is 38.8 Å². The second kappa shape index (κ2) is 9.70. The maximum atomic E-state index is 13.1. The monoisotopic (exact) mass is 373 g/mol. The number of rotatable bonds is 11. The zero-order valence-corrected chi connectivity index (χ0v) is 17.1. The molecule has 1 aromatic carbocycles. The summed E-state index contributed by atoms with van der Waals surface area (Å²) in [5.41, 5.74) is 2.97. The zero-order chi connectivity index (χ0) is 19.1. The molecule has 2 aliphatic heterocycles. The number of hydrogen-bond acceptors (Lipinski definition) is 3. The van der Waals surface area contributed by atoms with E-state index in [-0.39, 0.29) is 5.91 Å². The molecule has 0 aliphatic carbocycles. The number of fused-ring (bicyclic) bond motifs is 2. The molecule has 1 spiro atoms. The average Bonchev–Trinajstić information content (AvgIpc) is 3.24. The van der Waals surface area contributed by atoms with E-state index in [1.165, 1.54) is 57.8 Å². The summed E-state index contributed by atoms with van der Waals surface area (Å²) in [4.78, 5) is 14.9. The SMILES string of the molecule is CCCCCCCCCCCCN1C(=O)C2(OCCO2)c2cc(C)ccc21. The Labute approximate surface area is 164 Å². The summed E-state index contributed by atoms with van der Waals surface area (Å²) in [5.74, 6) is -1.23. The van der Waals surface area contributed by atoms with Crippen molar-refractivity contribution in [1.29, 1.82) is 0 Å². The van der Waals surface area contributed by atoms with Crippen LogP contribution in [0.3, 0.4) is 0 Å². The second-order valence-corrected chi connectivity index (χ2v) is 7.97. The van der Waals surface area contributed by atoms with Crippen LogP contribution < -0.4 is 4.90 Å². The van der Waals surface area contributed by atoms with Gasteiger partial charge in [0.05, 0.1) is 18.9 Å². The highest BCUT2D eigenvalue weighted by molar-refractivity contribution is 6.06. The van der Waals surface area contributed by atoms with Gasteiger partial charge in [-0.25, -0.2) is 0 Å². The lowest BCUT2D eigenvalue weighted by Crippen LogP contribution is -2.41. The van der Waals surface area contributed by atoms with Gasteiger partial charge in [-0.2, -0.15) is 0 Å². The lowest BCUT2D eigenvalue weighted by molar-refractivity contribution is -0.180. The first-order valence-electron chi connectivity index (χ1n) is 10.9. The lowest BCUT2D eigenvalue weighted by Gasteiger charge is -2.22. The van der Waals surface area contributed by atoms with Gasteiger partial charge in [0.1, 0.15) is 0 Å². The highest BCUT2D eigenvalue weighted by atomic mass is 16.7. The van der Waals surface area contributed by atoms with E-state index in [0.717, 1.165) is 29.8 Å². The van der Waals surface area contributed by atoms with Crippen LogP contribution in [0, 0.1) is 6.92 Å². The van der Waals surface area contributed by atoms with Crippen molar-refractivity contribution in [3.63, 3.8) is 0 Å². The van der Waals surface area contributed by atoms with Crippen molar-refractivity contribution < 1.29 is 14.3 Å². The number of anilines is 1. The molecule has 150 valence electrons. The molecule has 4 nitrogen and oxygen atoms in total. The molecule has 0 unspecified atom stereocenters. The molecule has 3 rings (SSSR count). The fourth-order valence-electron chi connectivity index (χ4n) is 4.22. The molecule has 2 heterocycles. The molecule has 0 bridgehead atoms. The molecule has 4 heteroatoms. The molecule has 0 saturated carbocycles. The van der Waals surface area contributed by atoms with Crippen LogP contribution in [0.15, 0.2) is 18.2 Å². The van der Waals surface area contributed by atoms with Gasteiger partial charge in [-0.1, -0.05) is 76.3 Å². The molecule has 1 saturated heterocycles. The molecule has 0 atom stereocenters. The Bertz CT molecular complexity index is 622. The Hall–Kier alpha value is -1.39. The number of carbonyl (C=O) groups is 1. The van der Waals surface area contributed by atoms with Crippen LogP contribution in [0.2, 0.25) is 0 Å². The number of carbonyl (C=O) groups excluding carboxylic acids is 1. The van der Waals surface area contributed by atoms with Crippen molar-refractivity contribution in [2.24, 2.45) is 0 Å². The minimum atomic E-state index is -1.18. The molecule has 0 N–H and O–H groups in total. The van der Waals surface area contributed by atoms with Gasteiger partial charge in [0.15, 0.2) is 0 Å². The van der Waals surface area contributed by atoms with Crippen LogP contribution in [0.25, 0.3) is 0 Å². The Balaban J connectivity index is 1.45. The highest BCUT2D eigenvalue weighted by Gasteiger charge is 2.55. The minimum Gasteiger partial charge on any atom is -0.336 e. The number of nitrogens with zero attached hydrogens (tertiary/aromatic N) is 1. The van der Waals surface area contributed by atoms with Crippen molar-refractivity contribution in [2.75, 3.05) is 24.7 Å². The standard InChI is InChI=1S/C23H35NO3/c1-3-4-5-6-7-8-9-10-11-12-15-24-21-14-13-19(2)18-20(21)23(22(24)25)26-16-17-27-23/h13-14,18H,3-12,15-17H2,1-2H3. The number of benzene rings is 1. The summed E-state index contributed by atoms with van der Waals surface area (Å²) in [5, 5.41) is 0. The smallest absolute Gasteiger partial charge is 0.292 e. The van der Waals surface area contributed by atoms with E-state index in [9.17, 15) is 4.79 Å². The van der Waals surface area contributed by atoms with Crippen LogP contribution in [-0.4, -0.2) is 25.7 Å². The predicted octanol–water partition coefficient (Wildman–Crippen LogP) is 5.46. The van der Waals surface area contributed by atoms with Crippen LogP contribution in [-0.2, 0) is 20.1 Å². The first-order chi connectivity index (χ1) is 13.2. The van der Waals surface area contributed by atoms with Crippen molar-refractivity contribution in [3.05, 3.63) is 29.3 Å². The molecule has 1 aromatic rings. The summed E-state index contributed by atoms with van der Waals surface area (Å²) >= 11 is 0. The zero-order valence-electron chi connectivity index (χ0n) is 17.1. The average molecular weight is 374 g/mol. The van der Waals surface area contributed by atoms with E-state index >= 15 is 0 Å². The maximum Gasteiger partial charge on any atom is 0.292 e. The molecule has 2 aliphatic rings. The number of hydrogen-bond donors (Lipinski definition) is 0. The van der Waals surface area contributed by atoms with Crippen molar-refractivity contribution in [1.82, 2.24) is 0 Å². The van der Waals surface area contributed by atoms with Gasteiger partial charge in [0.2, 0.25) is 0 Å². The van der Waals surface area contributed by atoms with E-state index in [4.69, 9.17) is 9.47 Å². The molecular formula is C23H35NO3. The van der Waals surface area contributed by atoms with E-state index in [1.54, 1.807) is 0 Å². The van der Waals surface area contributed by atoms with E-state index in [0.29, 0.717) is 13.2 Å². The molecule has 1 amide bonds. The molecule has 0 aromatic heterocycles. The minimum absolute atomic E-state index is 0.0449. The fraction of sp³-hybridized carbons (Fsp3) is 0.696. The Morgan fingerprint density at radius 3 is 2.15 bits per heavy atom. The number of unbranched alkanes of at least 4 members (excludes halogenated alkanes) is 9. The Morgan fingerprint density at radius 2 is 1.52 bits per heavy atom. The number of amides is 1. The largest absolute Gasteiger partial charge is 0.336 e. The quantitative estimate of drug-likeness (QED) is 0.483. The number of aryl methyl sites for hydroxylation is 1. The van der Waals surface area contributed by atoms with Gasteiger partial charge in [-0.3, -0.25) is 4.79 Å². The molecular weight excluding hydrogens is 338 g/mol. The van der Waals surface area contributed by atoms with Crippen molar-refractivity contribution in [2.45, 2.75) is 83.8 Å². The Kier molecular flexibility index (Phi) is 7.31. The van der Waals surface area contributed by atoms with Crippen LogP contribution in [0.1, 0.15) is 82.3 Å². The van der Waals surface area contributed by atoms with E-state index in [2.05, 4.69) is 13.0 Å². The highest BCUT2D eigenvalue weighted by Crippen LogP contribution is 2.46. The summed E-state index contributed by atoms with van der Waals surface area (Å²) < 4.78 is 11.6.